The van der Waals surface area contributed by atoms with Crippen LogP contribution in [0.15, 0.2) is 30.5 Å². The van der Waals surface area contributed by atoms with Gasteiger partial charge < -0.3 is 11.1 Å². The minimum absolute atomic E-state index is 0.231. The molecule has 0 bridgehead atoms. The van der Waals surface area contributed by atoms with Crippen LogP contribution >= 0.6 is 0 Å². The summed E-state index contributed by atoms with van der Waals surface area (Å²) < 4.78 is 15.2. The van der Waals surface area contributed by atoms with E-state index in [0.717, 1.165) is 5.69 Å². The number of anilines is 1. The summed E-state index contributed by atoms with van der Waals surface area (Å²) in [6, 6.07) is 5.31. The highest BCUT2D eigenvalue weighted by Gasteiger charge is 2.22. The molecule has 5 nitrogen and oxygen atoms in total. The second kappa shape index (κ2) is 5.09. The van der Waals surface area contributed by atoms with Crippen molar-refractivity contribution in [1.82, 2.24) is 9.78 Å². The molecule has 100 valence electrons. The molecule has 0 aliphatic carbocycles. The zero-order chi connectivity index (χ0) is 14.0. The van der Waals surface area contributed by atoms with Gasteiger partial charge in [0, 0.05) is 18.3 Å². The molecule has 0 radical (unpaired) electrons. The number of hydrogen-bond donors (Lipinski definition) is 2. The Morgan fingerprint density at radius 1 is 1.47 bits per heavy atom. The van der Waals surface area contributed by atoms with Crippen LogP contribution in [0.2, 0.25) is 0 Å². The van der Waals surface area contributed by atoms with Crippen molar-refractivity contribution in [2.75, 3.05) is 5.32 Å². The van der Waals surface area contributed by atoms with E-state index in [4.69, 9.17) is 5.73 Å². The molecule has 19 heavy (non-hydrogen) atoms. The number of aryl methyl sites for hydroxylation is 1. The average molecular weight is 262 g/mol. The van der Waals surface area contributed by atoms with Crippen molar-refractivity contribution in [2.24, 2.45) is 12.8 Å². The van der Waals surface area contributed by atoms with Crippen molar-refractivity contribution in [3.8, 4) is 0 Å². The quantitative estimate of drug-likeness (QED) is 0.877. The third-order valence-electron chi connectivity index (χ3n) is 3.04. The highest BCUT2D eigenvalue weighted by molar-refractivity contribution is 5.84. The highest BCUT2D eigenvalue weighted by atomic mass is 19.1. The summed E-state index contributed by atoms with van der Waals surface area (Å²) in [6.07, 6.45) is 1.55. The molecule has 1 heterocycles. The Kier molecular flexibility index (Phi) is 3.50. The zero-order valence-electron chi connectivity index (χ0n) is 10.7. The highest BCUT2D eigenvalue weighted by Crippen LogP contribution is 2.23. The summed E-state index contributed by atoms with van der Waals surface area (Å²) in [5.41, 5.74) is 7.05. The first-order valence-electron chi connectivity index (χ1n) is 5.79. The molecule has 0 saturated heterocycles. The van der Waals surface area contributed by atoms with E-state index in [1.165, 1.54) is 6.07 Å². The lowest BCUT2D eigenvalue weighted by Crippen LogP contribution is -2.28. The van der Waals surface area contributed by atoms with Crippen LogP contribution in [-0.2, 0) is 11.8 Å². The van der Waals surface area contributed by atoms with E-state index in [0.29, 0.717) is 5.56 Å². The lowest BCUT2D eigenvalue weighted by atomic mass is 10.1. The molecule has 3 N–H and O–H groups in total. The van der Waals surface area contributed by atoms with Crippen molar-refractivity contribution >= 4 is 11.6 Å². The number of amides is 1. The molecule has 2 aromatic rings. The molecule has 0 fully saturated rings. The van der Waals surface area contributed by atoms with Gasteiger partial charge in [-0.2, -0.15) is 5.10 Å². The van der Waals surface area contributed by atoms with E-state index in [9.17, 15) is 9.18 Å². The number of carbonyl (C=O) groups excluding carboxylic acids is 1. The Hall–Kier alpha value is -2.37. The van der Waals surface area contributed by atoms with E-state index in [1.807, 2.05) is 6.92 Å². The first-order chi connectivity index (χ1) is 9.00. The van der Waals surface area contributed by atoms with Gasteiger partial charge in [0.05, 0.1) is 11.9 Å². The molecule has 1 aromatic heterocycles. The SMILES string of the molecule is Cc1c(C(Nc2ccccc2F)C(N)=O)cnn1C. The van der Waals surface area contributed by atoms with Crippen molar-refractivity contribution in [3.05, 3.63) is 47.5 Å². The molecular formula is C13H15FN4O. The summed E-state index contributed by atoms with van der Waals surface area (Å²) in [7, 11) is 1.76. The van der Waals surface area contributed by atoms with Crippen LogP contribution in [0.5, 0.6) is 0 Å². The van der Waals surface area contributed by atoms with Gasteiger partial charge in [0.15, 0.2) is 0 Å². The number of hydrogen-bond acceptors (Lipinski definition) is 3. The minimum Gasteiger partial charge on any atom is -0.368 e. The van der Waals surface area contributed by atoms with Crippen LogP contribution in [-0.4, -0.2) is 15.7 Å². The molecule has 2 rings (SSSR count). The molecule has 0 aliphatic rings. The number of carbonyl (C=O) groups is 1. The van der Waals surface area contributed by atoms with Crippen molar-refractivity contribution < 1.29 is 9.18 Å². The molecular weight excluding hydrogens is 247 g/mol. The van der Waals surface area contributed by atoms with Crippen molar-refractivity contribution in [3.63, 3.8) is 0 Å². The number of aromatic nitrogens is 2. The fourth-order valence-electron chi connectivity index (χ4n) is 1.83. The predicted octanol–water partition coefficient (Wildman–Crippen LogP) is 1.51. The van der Waals surface area contributed by atoms with Gasteiger partial charge in [-0.25, -0.2) is 4.39 Å². The number of halogens is 1. The Bertz CT molecular complexity index is 608. The van der Waals surface area contributed by atoms with E-state index >= 15 is 0 Å². The number of nitrogens with zero attached hydrogens (tertiary/aromatic N) is 2. The van der Waals surface area contributed by atoms with E-state index < -0.39 is 17.8 Å². The zero-order valence-corrected chi connectivity index (χ0v) is 10.7. The van der Waals surface area contributed by atoms with Gasteiger partial charge in [-0.1, -0.05) is 12.1 Å². The maximum absolute atomic E-state index is 13.6. The van der Waals surface area contributed by atoms with Gasteiger partial charge in [0.25, 0.3) is 0 Å². The maximum Gasteiger partial charge on any atom is 0.244 e. The summed E-state index contributed by atoms with van der Waals surface area (Å²) in [6.45, 7) is 1.82. The minimum atomic E-state index is -0.814. The van der Waals surface area contributed by atoms with Crippen LogP contribution < -0.4 is 11.1 Å². The smallest absolute Gasteiger partial charge is 0.244 e. The fraction of sp³-hybridized carbons (Fsp3) is 0.231. The second-order valence-electron chi connectivity index (χ2n) is 4.27. The Morgan fingerprint density at radius 2 is 2.16 bits per heavy atom. The third kappa shape index (κ3) is 2.57. The van der Waals surface area contributed by atoms with E-state index in [2.05, 4.69) is 10.4 Å². The monoisotopic (exact) mass is 262 g/mol. The maximum atomic E-state index is 13.6. The van der Waals surface area contributed by atoms with Crippen LogP contribution in [0, 0.1) is 12.7 Å². The number of rotatable bonds is 4. The van der Waals surface area contributed by atoms with Gasteiger partial charge in [-0.05, 0) is 19.1 Å². The van der Waals surface area contributed by atoms with Crippen LogP contribution in [0.3, 0.4) is 0 Å². The summed E-state index contributed by atoms with van der Waals surface area (Å²) >= 11 is 0. The van der Waals surface area contributed by atoms with E-state index in [-0.39, 0.29) is 5.69 Å². The van der Waals surface area contributed by atoms with Crippen molar-refractivity contribution in [1.29, 1.82) is 0 Å². The lowest BCUT2D eigenvalue weighted by molar-refractivity contribution is -0.118. The van der Waals surface area contributed by atoms with Gasteiger partial charge in [-0.15, -0.1) is 0 Å². The number of para-hydroxylation sites is 1. The summed E-state index contributed by atoms with van der Waals surface area (Å²) in [4.78, 5) is 11.6. The third-order valence-corrected chi connectivity index (χ3v) is 3.04. The lowest BCUT2D eigenvalue weighted by Gasteiger charge is -2.17. The Morgan fingerprint density at radius 3 is 2.68 bits per heavy atom. The second-order valence-corrected chi connectivity index (χ2v) is 4.27. The molecule has 1 unspecified atom stereocenters. The van der Waals surface area contributed by atoms with Crippen molar-refractivity contribution in [2.45, 2.75) is 13.0 Å². The summed E-state index contributed by atoms with van der Waals surface area (Å²) in [5, 5.41) is 6.87. The summed E-state index contributed by atoms with van der Waals surface area (Å²) in [5.74, 6) is -1.02. The normalized spacial score (nSPS) is 12.2. The Labute approximate surface area is 110 Å². The fourth-order valence-corrected chi connectivity index (χ4v) is 1.83. The molecule has 0 aliphatic heterocycles. The number of nitrogens with two attached hydrogens (primary N) is 1. The molecule has 1 aromatic carbocycles. The van der Waals surface area contributed by atoms with Gasteiger partial charge in [0.2, 0.25) is 5.91 Å². The number of nitrogens with one attached hydrogen (secondary N) is 1. The largest absolute Gasteiger partial charge is 0.368 e. The predicted molar refractivity (Wildman–Crippen MR) is 69.9 cm³/mol. The van der Waals surface area contributed by atoms with Gasteiger partial charge in [0.1, 0.15) is 11.9 Å². The van der Waals surface area contributed by atoms with E-state index in [1.54, 1.807) is 36.1 Å². The van der Waals surface area contributed by atoms with Gasteiger partial charge in [-0.3, -0.25) is 9.48 Å². The first kappa shape index (κ1) is 13.1. The molecule has 0 spiro atoms. The molecule has 0 saturated carbocycles. The van der Waals surface area contributed by atoms with Crippen LogP contribution in [0.1, 0.15) is 17.3 Å². The Balaban J connectivity index is 2.35. The average Bonchev–Trinajstić information content (AvgIpc) is 2.69. The number of primary amides is 1. The molecule has 1 amide bonds. The number of benzene rings is 1. The molecule has 6 heteroatoms. The first-order valence-corrected chi connectivity index (χ1v) is 5.79. The van der Waals surface area contributed by atoms with Crippen LogP contribution in [0.4, 0.5) is 10.1 Å². The van der Waals surface area contributed by atoms with Gasteiger partial charge >= 0.3 is 0 Å². The molecule has 1 atom stereocenters. The standard InChI is InChI=1S/C13H15FN4O/c1-8-9(7-16-18(8)2)12(13(15)19)17-11-6-4-3-5-10(11)14/h3-7,12,17H,1-2H3,(H2,15,19). The van der Waals surface area contributed by atoms with Crippen LogP contribution in [0.25, 0.3) is 0 Å². The topological polar surface area (TPSA) is 72.9 Å².